The van der Waals surface area contributed by atoms with Crippen molar-refractivity contribution in [3.05, 3.63) is 28.0 Å². The first-order valence-electron chi connectivity index (χ1n) is 4.78. The van der Waals surface area contributed by atoms with Gasteiger partial charge in [-0.15, -0.1) is 0 Å². The van der Waals surface area contributed by atoms with Gasteiger partial charge in [0.05, 0.1) is 18.1 Å². The molecule has 0 aromatic carbocycles. The predicted molar refractivity (Wildman–Crippen MR) is 52.5 cm³/mol. The number of nitrogens with zero attached hydrogens (tertiary/aromatic N) is 1. The van der Waals surface area contributed by atoms with Crippen LogP contribution in [0, 0.1) is 15.5 Å². The van der Waals surface area contributed by atoms with Gasteiger partial charge in [0.25, 0.3) is 0 Å². The first kappa shape index (κ1) is 10.2. The van der Waals surface area contributed by atoms with Crippen LogP contribution in [0.4, 0.5) is 5.88 Å². The van der Waals surface area contributed by atoms with Crippen LogP contribution in [-0.4, -0.2) is 16.6 Å². The van der Waals surface area contributed by atoms with Crippen molar-refractivity contribution in [1.29, 1.82) is 0 Å². The first-order chi connectivity index (χ1) is 6.93. The van der Waals surface area contributed by atoms with E-state index >= 15 is 0 Å². The average molecular weight is 211 g/mol. The molecular formula is C10H13NO4. The molecule has 1 aliphatic rings. The standard InChI is InChI=1S/C10H13NO4/c1-9(2)5-10(9,6-12)7-3-4-8(15-7)11(13)14/h3-4,12H,5-6H2,1-2H3. The van der Waals surface area contributed by atoms with Crippen LogP contribution < -0.4 is 0 Å². The summed E-state index contributed by atoms with van der Waals surface area (Å²) in [7, 11) is 0. The lowest BCUT2D eigenvalue weighted by molar-refractivity contribution is -0.402. The summed E-state index contributed by atoms with van der Waals surface area (Å²) in [4.78, 5) is 9.90. The monoisotopic (exact) mass is 211 g/mol. The van der Waals surface area contributed by atoms with E-state index in [9.17, 15) is 15.2 Å². The van der Waals surface area contributed by atoms with Gasteiger partial charge in [-0.3, -0.25) is 10.1 Å². The summed E-state index contributed by atoms with van der Waals surface area (Å²) in [5.41, 5.74) is -0.477. The minimum Gasteiger partial charge on any atom is -0.405 e. The topological polar surface area (TPSA) is 76.5 Å². The molecule has 0 saturated heterocycles. The zero-order valence-electron chi connectivity index (χ0n) is 8.69. The normalized spacial score (nSPS) is 27.7. The average Bonchev–Trinajstić information content (AvgIpc) is 2.59. The van der Waals surface area contributed by atoms with Crippen LogP contribution in [-0.2, 0) is 5.41 Å². The molecule has 0 spiro atoms. The van der Waals surface area contributed by atoms with Gasteiger partial charge in [0.15, 0.2) is 0 Å². The summed E-state index contributed by atoms with van der Waals surface area (Å²) in [6.07, 6.45) is 0.793. The van der Waals surface area contributed by atoms with Crippen LogP contribution in [0.1, 0.15) is 26.0 Å². The number of aliphatic hydroxyl groups is 1. The number of hydrogen-bond acceptors (Lipinski definition) is 4. The van der Waals surface area contributed by atoms with Crippen molar-refractivity contribution in [2.24, 2.45) is 5.41 Å². The van der Waals surface area contributed by atoms with E-state index < -0.39 is 10.3 Å². The minimum atomic E-state index is -0.566. The second-order valence-electron chi connectivity index (χ2n) is 4.70. The van der Waals surface area contributed by atoms with E-state index in [4.69, 9.17) is 4.42 Å². The zero-order chi connectivity index (χ0) is 11.3. The zero-order valence-corrected chi connectivity index (χ0v) is 8.69. The van der Waals surface area contributed by atoms with Gasteiger partial charge in [-0.05, 0) is 17.9 Å². The van der Waals surface area contributed by atoms with Gasteiger partial charge >= 0.3 is 5.88 Å². The third-order valence-corrected chi connectivity index (χ3v) is 3.43. The van der Waals surface area contributed by atoms with Crippen molar-refractivity contribution in [2.45, 2.75) is 25.7 Å². The molecule has 1 N–H and O–H groups in total. The Hall–Kier alpha value is -1.36. The molecule has 15 heavy (non-hydrogen) atoms. The Balaban J connectivity index is 2.34. The van der Waals surface area contributed by atoms with Gasteiger partial charge in [0.1, 0.15) is 10.7 Å². The third-order valence-electron chi connectivity index (χ3n) is 3.43. The molecule has 1 saturated carbocycles. The van der Waals surface area contributed by atoms with Crippen LogP contribution >= 0.6 is 0 Å². The number of hydrogen-bond donors (Lipinski definition) is 1. The van der Waals surface area contributed by atoms with Gasteiger partial charge in [-0.25, -0.2) is 0 Å². The molecule has 1 aromatic rings. The van der Waals surface area contributed by atoms with Crippen LogP contribution in [0.15, 0.2) is 16.5 Å². The van der Waals surface area contributed by atoms with E-state index in [0.29, 0.717) is 5.76 Å². The number of rotatable bonds is 3. The first-order valence-corrected chi connectivity index (χ1v) is 4.78. The van der Waals surface area contributed by atoms with Crippen LogP contribution in [0.25, 0.3) is 0 Å². The molecule has 0 bridgehead atoms. The van der Waals surface area contributed by atoms with Gasteiger partial charge in [-0.1, -0.05) is 13.8 Å². The van der Waals surface area contributed by atoms with E-state index in [1.54, 1.807) is 6.07 Å². The molecule has 1 aromatic heterocycles. The molecule has 1 unspecified atom stereocenters. The molecule has 0 amide bonds. The summed E-state index contributed by atoms with van der Waals surface area (Å²) in [5, 5.41) is 19.8. The van der Waals surface area contributed by atoms with Crippen LogP contribution in [0.3, 0.4) is 0 Å². The summed E-state index contributed by atoms with van der Waals surface area (Å²) in [5.74, 6) is 0.252. The highest BCUT2D eigenvalue weighted by molar-refractivity contribution is 5.33. The Morgan fingerprint density at radius 3 is 2.53 bits per heavy atom. The van der Waals surface area contributed by atoms with Gasteiger partial charge in [-0.2, -0.15) is 0 Å². The van der Waals surface area contributed by atoms with Gasteiger partial charge < -0.3 is 9.52 Å². The van der Waals surface area contributed by atoms with Gasteiger partial charge in [0, 0.05) is 0 Å². The quantitative estimate of drug-likeness (QED) is 0.611. The summed E-state index contributed by atoms with van der Waals surface area (Å²) in [6, 6.07) is 2.92. The molecular weight excluding hydrogens is 198 g/mol. The maximum atomic E-state index is 10.5. The van der Waals surface area contributed by atoms with E-state index in [-0.39, 0.29) is 17.9 Å². The second-order valence-corrected chi connectivity index (χ2v) is 4.70. The largest absolute Gasteiger partial charge is 0.433 e. The third kappa shape index (κ3) is 1.26. The highest BCUT2D eigenvalue weighted by atomic mass is 16.6. The smallest absolute Gasteiger partial charge is 0.405 e. The summed E-state index contributed by atoms with van der Waals surface area (Å²) < 4.78 is 5.14. The Morgan fingerprint density at radius 1 is 1.60 bits per heavy atom. The van der Waals surface area contributed by atoms with Crippen molar-refractivity contribution >= 4 is 5.88 Å². The van der Waals surface area contributed by atoms with E-state index in [1.165, 1.54) is 6.07 Å². The van der Waals surface area contributed by atoms with Crippen molar-refractivity contribution in [3.63, 3.8) is 0 Å². The molecule has 1 atom stereocenters. The van der Waals surface area contributed by atoms with Gasteiger partial charge in [0.2, 0.25) is 0 Å². The predicted octanol–water partition coefficient (Wildman–Crippen LogP) is 1.85. The second kappa shape index (κ2) is 2.82. The highest BCUT2D eigenvalue weighted by Crippen LogP contribution is 2.64. The molecule has 0 radical (unpaired) electrons. The lowest BCUT2D eigenvalue weighted by Crippen LogP contribution is -2.18. The molecule has 82 valence electrons. The Labute approximate surface area is 86.9 Å². The van der Waals surface area contributed by atoms with Crippen molar-refractivity contribution in [2.75, 3.05) is 6.61 Å². The van der Waals surface area contributed by atoms with Crippen molar-refractivity contribution in [1.82, 2.24) is 0 Å². The Morgan fingerprint density at radius 2 is 2.20 bits per heavy atom. The van der Waals surface area contributed by atoms with Crippen molar-refractivity contribution < 1.29 is 14.4 Å². The maximum absolute atomic E-state index is 10.5. The fourth-order valence-corrected chi connectivity index (χ4v) is 2.16. The lowest BCUT2D eigenvalue weighted by atomic mass is 9.94. The maximum Gasteiger partial charge on any atom is 0.433 e. The Bertz CT molecular complexity index is 409. The lowest BCUT2D eigenvalue weighted by Gasteiger charge is -2.13. The Kier molecular flexibility index (Phi) is 1.91. The fourth-order valence-electron chi connectivity index (χ4n) is 2.16. The number of nitro groups is 1. The van der Waals surface area contributed by atoms with E-state index in [0.717, 1.165) is 6.42 Å². The number of aliphatic hydroxyl groups excluding tert-OH is 1. The highest BCUT2D eigenvalue weighted by Gasteiger charge is 2.64. The number of furan rings is 1. The summed E-state index contributed by atoms with van der Waals surface area (Å²) >= 11 is 0. The molecule has 5 heteroatoms. The van der Waals surface area contributed by atoms with Crippen LogP contribution in [0.2, 0.25) is 0 Å². The fraction of sp³-hybridized carbons (Fsp3) is 0.600. The molecule has 0 aliphatic heterocycles. The SMILES string of the molecule is CC1(C)CC1(CO)c1ccc([N+](=O)[O-])o1. The molecule has 1 heterocycles. The molecule has 5 nitrogen and oxygen atoms in total. The minimum absolute atomic E-state index is 0.0370. The summed E-state index contributed by atoms with van der Waals surface area (Å²) in [6.45, 7) is 3.99. The van der Waals surface area contributed by atoms with Crippen LogP contribution in [0.5, 0.6) is 0 Å². The molecule has 2 rings (SSSR count). The van der Waals surface area contributed by atoms with E-state index in [2.05, 4.69) is 0 Å². The van der Waals surface area contributed by atoms with Crippen molar-refractivity contribution in [3.8, 4) is 0 Å². The van der Waals surface area contributed by atoms with E-state index in [1.807, 2.05) is 13.8 Å². The molecule has 1 aliphatic carbocycles. The molecule has 1 fully saturated rings.